The van der Waals surface area contributed by atoms with Crippen LogP contribution in [0, 0.1) is 0 Å². The summed E-state index contributed by atoms with van der Waals surface area (Å²) < 4.78 is 27.8. The quantitative estimate of drug-likeness (QED) is 0.800. The number of ether oxygens (including phenoxy) is 1. The monoisotopic (exact) mass is 272 g/mol. The van der Waals surface area contributed by atoms with Gasteiger partial charge in [0.05, 0.1) is 18.6 Å². The van der Waals surface area contributed by atoms with E-state index in [1.807, 2.05) is 0 Å². The number of hydrogen-bond acceptors (Lipinski definition) is 7. The summed E-state index contributed by atoms with van der Waals surface area (Å²) >= 11 is 0. The van der Waals surface area contributed by atoms with Crippen LogP contribution in [0.1, 0.15) is 12.8 Å². The van der Waals surface area contributed by atoms with E-state index >= 15 is 0 Å². The summed E-state index contributed by atoms with van der Waals surface area (Å²) in [4.78, 5) is 7.90. The molecule has 18 heavy (non-hydrogen) atoms. The average Bonchev–Trinajstić information content (AvgIpc) is 2.32. The Hall–Kier alpha value is -1.57. The van der Waals surface area contributed by atoms with Crippen LogP contribution in [0.25, 0.3) is 0 Å². The molecule has 1 aliphatic rings. The van der Waals surface area contributed by atoms with E-state index in [1.165, 1.54) is 13.4 Å². The summed E-state index contributed by atoms with van der Waals surface area (Å²) in [6.45, 7) is 0. The summed E-state index contributed by atoms with van der Waals surface area (Å²) in [6, 6.07) is 0.0664. The zero-order valence-corrected chi connectivity index (χ0v) is 10.9. The molecule has 0 saturated carbocycles. The number of rotatable bonds is 3. The fourth-order valence-corrected chi connectivity index (χ4v) is 3.41. The molecular weight excluding hydrogens is 256 g/mol. The summed E-state index contributed by atoms with van der Waals surface area (Å²) in [7, 11) is -1.37. The molecule has 100 valence electrons. The maximum Gasteiger partial charge on any atom is 0.203 e. The highest BCUT2D eigenvalue weighted by Gasteiger charge is 2.24. The fraction of sp³-hybridized carbons (Fsp3) is 0.600. The Morgan fingerprint density at radius 2 is 2.06 bits per heavy atom. The van der Waals surface area contributed by atoms with Gasteiger partial charge < -0.3 is 15.8 Å². The van der Waals surface area contributed by atoms with Crippen LogP contribution >= 0.6 is 0 Å². The lowest BCUT2D eigenvalue weighted by atomic mass is 10.1. The molecule has 2 rings (SSSR count). The van der Waals surface area contributed by atoms with Gasteiger partial charge in [-0.2, -0.15) is 0 Å². The predicted molar refractivity (Wildman–Crippen MR) is 68.3 cm³/mol. The highest BCUT2D eigenvalue weighted by molar-refractivity contribution is 7.91. The number of aromatic nitrogens is 2. The number of nitrogen functional groups attached to an aromatic ring is 1. The molecule has 7 nitrogen and oxygen atoms in total. The first-order valence-electron chi connectivity index (χ1n) is 5.63. The highest BCUT2D eigenvalue weighted by atomic mass is 32.2. The first-order valence-corrected chi connectivity index (χ1v) is 7.45. The summed E-state index contributed by atoms with van der Waals surface area (Å²) in [6.07, 6.45) is 2.48. The summed E-state index contributed by atoms with van der Waals surface area (Å²) in [5.41, 5.74) is 5.67. The van der Waals surface area contributed by atoms with E-state index < -0.39 is 9.84 Å². The van der Waals surface area contributed by atoms with E-state index in [4.69, 9.17) is 10.5 Å². The van der Waals surface area contributed by atoms with Crippen LogP contribution in [-0.2, 0) is 9.84 Å². The number of nitrogens with one attached hydrogen (secondary N) is 1. The van der Waals surface area contributed by atoms with Gasteiger partial charge in [0.25, 0.3) is 0 Å². The van der Waals surface area contributed by atoms with Crippen LogP contribution < -0.4 is 15.8 Å². The van der Waals surface area contributed by atoms with Crippen molar-refractivity contribution in [2.24, 2.45) is 0 Å². The van der Waals surface area contributed by atoms with Crippen molar-refractivity contribution in [2.75, 3.05) is 29.7 Å². The highest BCUT2D eigenvalue weighted by Crippen LogP contribution is 2.28. The summed E-state index contributed by atoms with van der Waals surface area (Å²) in [5, 5.41) is 3.16. The lowest BCUT2D eigenvalue weighted by Gasteiger charge is -2.24. The molecule has 0 aliphatic carbocycles. The number of hydrogen-bond donors (Lipinski definition) is 2. The van der Waals surface area contributed by atoms with Crippen molar-refractivity contribution in [1.29, 1.82) is 0 Å². The Balaban J connectivity index is 2.09. The molecule has 1 aromatic rings. The molecule has 1 aliphatic heterocycles. The molecule has 0 unspecified atom stereocenters. The Labute approximate surface area is 106 Å². The number of sulfone groups is 1. The van der Waals surface area contributed by atoms with E-state index in [9.17, 15) is 8.42 Å². The second kappa shape index (κ2) is 4.97. The Morgan fingerprint density at radius 3 is 2.67 bits per heavy atom. The summed E-state index contributed by atoms with van der Waals surface area (Å²) in [5.74, 6) is 1.57. The maximum atomic E-state index is 11.3. The smallest absolute Gasteiger partial charge is 0.203 e. The molecule has 0 bridgehead atoms. The van der Waals surface area contributed by atoms with Crippen molar-refractivity contribution in [3.63, 3.8) is 0 Å². The molecule has 0 spiro atoms. The van der Waals surface area contributed by atoms with Gasteiger partial charge in [0.2, 0.25) is 5.75 Å². The minimum absolute atomic E-state index is 0.0664. The van der Waals surface area contributed by atoms with Crippen LogP contribution in [0.2, 0.25) is 0 Å². The zero-order chi connectivity index (χ0) is 13.2. The minimum atomic E-state index is -2.86. The van der Waals surface area contributed by atoms with Crippen LogP contribution in [-0.4, -0.2) is 43.0 Å². The first-order chi connectivity index (χ1) is 8.52. The Morgan fingerprint density at radius 1 is 1.39 bits per heavy atom. The van der Waals surface area contributed by atoms with E-state index in [-0.39, 0.29) is 23.4 Å². The van der Waals surface area contributed by atoms with Crippen LogP contribution in [0.4, 0.5) is 11.6 Å². The van der Waals surface area contributed by atoms with E-state index in [1.54, 1.807) is 0 Å². The van der Waals surface area contributed by atoms with Gasteiger partial charge in [0, 0.05) is 6.04 Å². The predicted octanol–water partition coefficient (Wildman–Crippen LogP) is 0.0565. The standard InChI is InChI=1S/C10H16N4O3S/c1-17-8-9(11)12-6-13-10(8)14-7-2-4-18(15,16)5-3-7/h6-7H,2-5H2,1H3,(H3,11,12,13,14). The number of nitrogens with two attached hydrogens (primary N) is 1. The van der Waals surface area contributed by atoms with Crippen molar-refractivity contribution < 1.29 is 13.2 Å². The topological polar surface area (TPSA) is 107 Å². The van der Waals surface area contributed by atoms with E-state index in [0.29, 0.717) is 24.4 Å². The second-order valence-corrected chi connectivity index (χ2v) is 6.51. The lowest BCUT2D eigenvalue weighted by molar-refractivity contribution is 0.414. The average molecular weight is 272 g/mol. The molecule has 0 aromatic carbocycles. The molecule has 0 radical (unpaired) electrons. The van der Waals surface area contributed by atoms with Crippen molar-refractivity contribution in [3.8, 4) is 5.75 Å². The Bertz CT molecular complexity index is 518. The van der Waals surface area contributed by atoms with Crippen LogP contribution in [0.5, 0.6) is 5.75 Å². The lowest BCUT2D eigenvalue weighted by Crippen LogP contribution is -2.32. The van der Waals surface area contributed by atoms with Gasteiger partial charge in [0.15, 0.2) is 11.6 Å². The molecule has 0 amide bonds. The van der Waals surface area contributed by atoms with Crippen molar-refractivity contribution in [3.05, 3.63) is 6.33 Å². The van der Waals surface area contributed by atoms with Crippen LogP contribution in [0.3, 0.4) is 0 Å². The van der Waals surface area contributed by atoms with Gasteiger partial charge in [-0.15, -0.1) is 0 Å². The van der Waals surface area contributed by atoms with Gasteiger partial charge in [-0.05, 0) is 12.8 Å². The van der Waals surface area contributed by atoms with Crippen molar-refractivity contribution in [2.45, 2.75) is 18.9 Å². The molecule has 8 heteroatoms. The molecule has 0 atom stereocenters. The maximum absolute atomic E-state index is 11.3. The normalized spacial score (nSPS) is 19.4. The van der Waals surface area contributed by atoms with Gasteiger partial charge in [-0.3, -0.25) is 0 Å². The van der Waals surface area contributed by atoms with E-state index in [0.717, 1.165) is 0 Å². The second-order valence-electron chi connectivity index (χ2n) is 4.21. The van der Waals surface area contributed by atoms with Gasteiger partial charge >= 0.3 is 0 Å². The largest absolute Gasteiger partial charge is 0.490 e. The van der Waals surface area contributed by atoms with Gasteiger partial charge in [-0.25, -0.2) is 18.4 Å². The number of nitrogens with zero attached hydrogens (tertiary/aromatic N) is 2. The van der Waals surface area contributed by atoms with Crippen molar-refractivity contribution in [1.82, 2.24) is 9.97 Å². The zero-order valence-electron chi connectivity index (χ0n) is 10.1. The Kier molecular flexibility index (Phi) is 3.55. The van der Waals surface area contributed by atoms with Crippen molar-refractivity contribution >= 4 is 21.5 Å². The molecule has 1 fully saturated rings. The third kappa shape index (κ3) is 2.81. The molecule has 1 saturated heterocycles. The third-order valence-corrected chi connectivity index (χ3v) is 4.65. The van der Waals surface area contributed by atoms with Crippen LogP contribution in [0.15, 0.2) is 6.33 Å². The fourth-order valence-electron chi connectivity index (χ4n) is 1.92. The SMILES string of the molecule is COc1c(N)ncnc1NC1CCS(=O)(=O)CC1. The van der Waals surface area contributed by atoms with E-state index in [2.05, 4.69) is 15.3 Å². The molecule has 3 N–H and O–H groups in total. The van der Waals surface area contributed by atoms with Gasteiger partial charge in [0.1, 0.15) is 16.2 Å². The number of anilines is 2. The molecule has 1 aromatic heterocycles. The van der Waals surface area contributed by atoms with Gasteiger partial charge in [-0.1, -0.05) is 0 Å². The molecular formula is C10H16N4O3S. The first kappa shape index (κ1) is 12.9. The molecule has 2 heterocycles. The third-order valence-electron chi connectivity index (χ3n) is 2.93. The minimum Gasteiger partial charge on any atom is -0.490 e. The number of methoxy groups -OCH3 is 1.